The van der Waals surface area contributed by atoms with Crippen molar-refractivity contribution in [2.45, 2.75) is 64.1 Å². The molecule has 1 aliphatic rings. The van der Waals surface area contributed by atoms with E-state index < -0.39 is 0 Å². The van der Waals surface area contributed by atoms with Crippen molar-refractivity contribution < 1.29 is 14.3 Å². The van der Waals surface area contributed by atoms with Crippen molar-refractivity contribution in [1.82, 2.24) is 20.6 Å². The average Bonchev–Trinajstić information content (AvgIpc) is 2.48. The van der Waals surface area contributed by atoms with Gasteiger partial charge in [-0.3, -0.25) is 0 Å². The summed E-state index contributed by atoms with van der Waals surface area (Å²) in [4.78, 5) is 20.1. The highest BCUT2D eigenvalue weighted by atomic mass is 16.5. The third-order valence-corrected chi connectivity index (χ3v) is 3.60. The van der Waals surface area contributed by atoms with E-state index in [1.165, 1.54) is 0 Å². The Balaban J connectivity index is 1.79. The Labute approximate surface area is 137 Å². The summed E-state index contributed by atoms with van der Waals surface area (Å²) < 4.78 is 11.0. The summed E-state index contributed by atoms with van der Waals surface area (Å²) in [6, 6.07) is 0.0680. The number of nitrogens with zero attached hydrogens (tertiary/aromatic N) is 2. The highest BCUT2D eigenvalue weighted by Crippen LogP contribution is 2.27. The van der Waals surface area contributed by atoms with E-state index in [-0.39, 0.29) is 23.7 Å². The summed E-state index contributed by atoms with van der Waals surface area (Å²) in [5.74, 6) is 0.828. The van der Waals surface area contributed by atoms with E-state index in [0.717, 1.165) is 25.7 Å². The Kier molecular flexibility index (Phi) is 5.63. The Hall–Kier alpha value is -2.05. The van der Waals surface area contributed by atoms with E-state index in [1.54, 1.807) is 19.5 Å². The molecule has 2 amide bonds. The second-order valence-corrected chi connectivity index (χ2v) is 6.81. The molecule has 1 saturated carbocycles. The van der Waals surface area contributed by atoms with Crippen molar-refractivity contribution in [2.24, 2.45) is 0 Å². The fourth-order valence-electron chi connectivity index (χ4n) is 2.58. The molecule has 0 spiro atoms. The van der Waals surface area contributed by atoms with Gasteiger partial charge in [-0.1, -0.05) is 0 Å². The van der Waals surface area contributed by atoms with Gasteiger partial charge in [0.25, 0.3) is 11.8 Å². The van der Waals surface area contributed by atoms with Crippen LogP contribution in [0.25, 0.3) is 0 Å². The lowest BCUT2D eigenvalue weighted by atomic mass is 9.93. The van der Waals surface area contributed by atoms with E-state index in [9.17, 15) is 4.79 Å². The molecule has 128 valence electrons. The van der Waals surface area contributed by atoms with Crippen LogP contribution in [0, 0.1) is 0 Å². The van der Waals surface area contributed by atoms with E-state index in [2.05, 4.69) is 20.6 Å². The fraction of sp³-hybridized carbons (Fsp3) is 0.688. The molecule has 1 heterocycles. The SMILES string of the molecule is COc1nccnc1OC1CCC(NC(=O)NC(C)(C)C)CC1. The number of hydrogen-bond donors (Lipinski definition) is 2. The van der Waals surface area contributed by atoms with Crippen LogP contribution in [0.5, 0.6) is 11.8 Å². The molecule has 0 aliphatic heterocycles. The predicted molar refractivity (Wildman–Crippen MR) is 86.7 cm³/mol. The second kappa shape index (κ2) is 7.48. The molecule has 0 unspecified atom stereocenters. The first-order chi connectivity index (χ1) is 10.9. The molecule has 0 saturated heterocycles. The second-order valence-electron chi connectivity index (χ2n) is 6.81. The number of ether oxygens (including phenoxy) is 2. The van der Waals surface area contributed by atoms with Gasteiger partial charge in [-0.25, -0.2) is 14.8 Å². The molecule has 1 aromatic rings. The van der Waals surface area contributed by atoms with Gasteiger partial charge in [0.1, 0.15) is 6.10 Å². The number of hydrogen-bond acceptors (Lipinski definition) is 5. The molecule has 23 heavy (non-hydrogen) atoms. The summed E-state index contributed by atoms with van der Waals surface area (Å²) in [6.45, 7) is 5.89. The molecule has 7 heteroatoms. The lowest BCUT2D eigenvalue weighted by Crippen LogP contribution is -2.50. The smallest absolute Gasteiger partial charge is 0.315 e. The fourth-order valence-corrected chi connectivity index (χ4v) is 2.58. The molecule has 1 aliphatic carbocycles. The van der Waals surface area contributed by atoms with Crippen molar-refractivity contribution in [2.75, 3.05) is 7.11 Å². The third-order valence-electron chi connectivity index (χ3n) is 3.60. The molecular formula is C16H26N4O3. The first kappa shape index (κ1) is 17.3. The largest absolute Gasteiger partial charge is 0.477 e. The molecule has 2 rings (SSSR count). The van der Waals surface area contributed by atoms with Crippen LogP contribution in [0.2, 0.25) is 0 Å². The lowest BCUT2D eigenvalue weighted by Gasteiger charge is -2.30. The van der Waals surface area contributed by atoms with Gasteiger partial charge in [-0.15, -0.1) is 0 Å². The Morgan fingerprint density at radius 3 is 2.30 bits per heavy atom. The average molecular weight is 322 g/mol. The Morgan fingerprint density at radius 1 is 1.13 bits per heavy atom. The molecule has 2 N–H and O–H groups in total. The van der Waals surface area contributed by atoms with Crippen LogP contribution in [-0.2, 0) is 0 Å². The minimum atomic E-state index is -0.229. The van der Waals surface area contributed by atoms with Gasteiger partial charge in [0, 0.05) is 24.0 Å². The highest BCUT2D eigenvalue weighted by molar-refractivity contribution is 5.74. The zero-order valence-corrected chi connectivity index (χ0v) is 14.3. The van der Waals surface area contributed by atoms with E-state index >= 15 is 0 Å². The first-order valence-electron chi connectivity index (χ1n) is 7.97. The first-order valence-corrected chi connectivity index (χ1v) is 7.97. The predicted octanol–water partition coefficient (Wildman–Crippen LogP) is 2.27. The van der Waals surface area contributed by atoms with Crippen LogP contribution in [0.15, 0.2) is 12.4 Å². The zero-order valence-electron chi connectivity index (χ0n) is 14.3. The normalized spacial score (nSPS) is 21.4. The summed E-state index contributed by atoms with van der Waals surface area (Å²) in [5.41, 5.74) is -0.229. The van der Waals surface area contributed by atoms with E-state index in [4.69, 9.17) is 9.47 Å². The van der Waals surface area contributed by atoms with Crippen LogP contribution in [0.4, 0.5) is 4.79 Å². The molecule has 0 radical (unpaired) electrons. The van der Waals surface area contributed by atoms with Gasteiger partial charge < -0.3 is 20.1 Å². The number of amides is 2. The van der Waals surface area contributed by atoms with Crippen LogP contribution in [0.1, 0.15) is 46.5 Å². The van der Waals surface area contributed by atoms with Gasteiger partial charge in [0.15, 0.2) is 0 Å². The van der Waals surface area contributed by atoms with Crippen LogP contribution in [-0.4, -0.2) is 40.8 Å². The number of carbonyl (C=O) groups is 1. The number of rotatable bonds is 4. The summed E-state index contributed by atoms with van der Waals surface area (Å²) in [6.07, 6.45) is 6.71. The zero-order chi connectivity index (χ0) is 16.9. The number of urea groups is 1. The van der Waals surface area contributed by atoms with Gasteiger partial charge in [-0.2, -0.15) is 0 Å². The van der Waals surface area contributed by atoms with Gasteiger partial charge in [-0.05, 0) is 46.5 Å². The molecule has 0 bridgehead atoms. The van der Waals surface area contributed by atoms with Gasteiger partial charge in [0.05, 0.1) is 7.11 Å². The minimum absolute atomic E-state index is 0.0735. The van der Waals surface area contributed by atoms with Crippen molar-refractivity contribution in [3.8, 4) is 11.8 Å². The minimum Gasteiger partial charge on any atom is -0.477 e. The van der Waals surface area contributed by atoms with E-state index in [0.29, 0.717) is 11.8 Å². The highest BCUT2D eigenvalue weighted by Gasteiger charge is 2.25. The molecule has 0 aromatic carbocycles. The van der Waals surface area contributed by atoms with Crippen LogP contribution < -0.4 is 20.1 Å². The van der Waals surface area contributed by atoms with Crippen molar-refractivity contribution in [3.63, 3.8) is 0 Å². The topological polar surface area (TPSA) is 85.4 Å². The molecule has 1 fully saturated rings. The van der Waals surface area contributed by atoms with Gasteiger partial charge in [0.2, 0.25) is 0 Å². The van der Waals surface area contributed by atoms with Crippen LogP contribution in [0.3, 0.4) is 0 Å². The molecule has 0 atom stereocenters. The van der Waals surface area contributed by atoms with E-state index in [1.807, 2.05) is 20.8 Å². The third kappa shape index (κ3) is 5.58. The monoisotopic (exact) mass is 322 g/mol. The number of carbonyl (C=O) groups excluding carboxylic acids is 1. The maximum absolute atomic E-state index is 11.9. The van der Waals surface area contributed by atoms with Crippen molar-refractivity contribution in [1.29, 1.82) is 0 Å². The standard InChI is InChI=1S/C16H26N4O3/c1-16(2,3)20-15(21)19-11-5-7-12(8-6-11)23-14-13(22-4)17-9-10-18-14/h9-12H,5-8H2,1-4H3,(H2,19,20,21). The molecule has 1 aromatic heterocycles. The van der Waals surface area contributed by atoms with Crippen LogP contribution >= 0.6 is 0 Å². The maximum atomic E-state index is 11.9. The lowest BCUT2D eigenvalue weighted by molar-refractivity contribution is 0.128. The molecule has 7 nitrogen and oxygen atoms in total. The summed E-state index contributed by atoms with van der Waals surface area (Å²) >= 11 is 0. The van der Waals surface area contributed by atoms with Crippen molar-refractivity contribution >= 4 is 6.03 Å². The maximum Gasteiger partial charge on any atom is 0.315 e. The Morgan fingerprint density at radius 2 is 1.74 bits per heavy atom. The quantitative estimate of drug-likeness (QED) is 0.888. The number of nitrogens with one attached hydrogen (secondary N) is 2. The van der Waals surface area contributed by atoms with Crippen molar-refractivity contribution in [3.05, 3.63) is 12.4 Å². The number of methoxy groups -OCH3 is 1. The number of aromatic nitrogens is 2. The Bertz CT molecular complexity index is 522. The summed E-state index contributed by atoms with van der Waals surface area (Å²) in [7, 11) is 1.55. The molecular weight excluding hydrogens is 296 g/mol. The van der Waals surface area contributed by atoms with Gasteiger partial charge >= 0.3 is 6.03 Å². The summed E-state index contributed by atoms with van der Waals surface area (Å²) in [5, 5.41) is 5.94.